The van der Waals surface area contributed by atoms with E-state index in [0.29, 0.717) is 5.56 Å². The van der Waals surface area contributed by atoms with Gasteiger partial charge in [0.25, 0.3) is 0 Å². The van der Waals surface area contributed by atoms with Crippen LogP contribution in [0.5, 0.6) is 0 Å². The average molecular weight is 301 g/mol. The van der Waals surface area contributed by atoms with Crippen LogP contribution in [0, 0.1) is 0 Å². The minimum absolute atomic E-state index is 0.331. The second-order valence-electron chi connectivity index (χ2n) is 3.47. The fraction of sp³-hybridized carbons (Fsp3) is 0.364. The molecule has 0 spiro atoms. The number of aromatic carboxylic acids is 1. The molecule has 2 nitrogen and oxygen atoms in total. The van der Waals surface area contributed by atoms with Crippen molar-refractivity contribution in [3.05, 3.63) is 35.9 Å². The molecule has 3 heteroatoms. The Kier molecular flexibility index (Phi) is 7.57. The zero-order valence-corrected chi connectivity index (χ0v) is 12.3. The molecule has 0 heterocycles. The van der Waals surface area contributed by atoms with Crippen molar-refractivity contribution in [2.45, 2.75) is 21.2 Å². The number of rotatable bonds is 2. The van der Waals surface area contributed by atoms with E-state index in [1.54, 1.807) is 30.3 Å². The first-order chi connectivity index (χ1) is 6.57. The standard InChI is InChI=1S/C7H6O2.C2H5.2CH3.Sn.H/c8-7(9)6-4-2-1-3-5-6;1-2;;;;/h1-5H,(H,8,9);1H2,2H3;2*1H3;;. The fourth-order valence-electron chi connectivity index (χ4n) is 0.581. The van der Waals surface area contributed by atoms with Crippen molar-refractivity contribution < 1.29 is 9.90 Å². The second-order valence-corrected chi connectivity index (χ2v) is 13.8. The second kappa shape index (κ2) is 7.85. The maximum atomic E-state index is 10.2. The molecule has 0 aliphatic rings. The summed E-state index contributed by atoms with van der Waals surface area (Å²) in [6, 6.07) is 8.30. The van der Waals surface area contributed by atoms with Crippen molar-refractivity contribution in [1.29, 1.82) is 0 Å². The Bertz CT molecular complexity index is 257. The molecule has 0 aliphatic heterocycles. The van der Waals surface area contributed by atoms with Crippen LogP contribution in [0.25, 0.3) is 0 Å². The van der Waals surface area contributed by atoms with Crippen LogP contribution < -0.4 is 0 Å². The smallest absolute Gasteiger partial charge is 0.335 e. The summed E-state index contributed by atoms with van der Waals surface area (Å²) in [6.45, 7) is 2.29. The molecular weight excluding hydrogens is 283 g/mol. The van der Waals surface area contributed by atoms with Gasteiger partial charge in [0.2, 0.25) is 0 Å². The molecule has 0 fully saturated rings. The predicted octanol–water partition coefficient (Wildman–Crippen LogP) is 2.88. The van der Waals surface area contributed by atoms with Gasteiger partial charge in [0.05, 0.1) is 5.56 Å². The maximum absolute atomic E-state index is 10.2. The number of carboxylic acid groups (broad SMARTS) is 1. The van der Waals surface area contributed by atoms with Crippen molar-refractivity contribution in [1.82, 2.24) is 0 Å². The minimum Gasteiger partial charge on any atom is -0.478 e. The molecule has 1 aromatic rings. The van der Waals surface area contributed by atoms with E-state index < -0.39 is 25.7 Å². The zero-order valence-electron chi connectivity index (χ0n) is 9.03. The molecule has 78 valence electrons. The number of carboxylic acids is 1. The summed E-state index contributed by atoms with van der Waals surface area (Å²) in [6.07, 6.45) is 0. The number of hydrogen-bond acceptors (Lipinski definition) is 1. The quantitative estimate of drug-likeness (QED) is 0.853. The SMILES string of the molecule is C[CH2][SnH]([CH3])[CH3].O=C(O)c1ccccc1. The van der Waals surface area contributed by atoms with Crippen LogP contribution in [-0.2, 0) is 0 Å². The summed E-state index contributed by atoms with van der Waals surface area (Å²) in [5, 5.41) is 8.38. The fourth-order valence-corrected chi connectivity index (χ4v) is 0.581. The van der Waals surface area contributed by atoms with Crippen LogP contribution in [0.15, 0.2) is 30.3 Å². The van der Waals surface area contributed by atoms with Crippen molar-refractivity contribution in [3.63, 3.8) is 0 Å². The summed E-state index contributed by atoms with van der Waals surface area (Å²) < 4.78 is 1.52. The predicted molar refractivity (Wildman–Crippen MR) is 62.8 cm³/mol. The topological polar surface area (TPSA) is 37.3 Å². The molecule has 14 heavy (non-hydrogen) atoms. The van der Waals surface area contributed by atoms with E-state index in [1.165, 1.54) is 4.44 Å². The zero-order chi connectivity index (χ0) is 11.0. The Labute approximate surface area is 92.7 Å². The van der Waals surface area contributed by atoms with Crippen molar-refractivity contribution >= 4 is 25.7 Å². The molecule has 0 saturated carbocycles. The van der Waals surface area contributed by atoms with Crippen LogP contribution in [0.3, 0.4) is 0 Å². The van der Waals surface area contributed by atoms with E-state index in [1.807, 2.05) is 0 Å². The largest absolute Gasteiger partial charge is 0.478 e. The molecule has 0 unspecified atom stereocenters. The van der Waals surface area contributed by atoms with Gasteiger partial charge < -0.3 is 5.11 Å². The Balaban J connectivity index is 0.000000292. The first kappa shape index (κ1) is 13.5. The van der Waals surface area contributed by atoms with Gasteiger partial charge in [0.1, 0.15) is 0 Å². The maximum Gasteiger partial charge on any atom is 0.335 e. The Morgan fingerprint density at radius 3 is 1.93 bits per heavy atom. The third-order valence-corrected chi connectivity index (χ3v) is 6.50. The number of benzene rings is 1. The molecule has 0 aromatic heterocycles. The van der Waals surface area contributed by atoms with Gasteiger partial charge in [-0.2, -0.15) is 0 Å². The van der Waals surface area contributed by atoms with E-state index in [-0.39, 0.29) is 0 Å². The molecular formula is C11H18O2Sn. The van der Waals surface area contributed by atoms with Crippen molar-refractivity contribution in [2.75, 3.05) is 0 Å². The molecule has 0 saturated heterocycles. The number of hydrogen-bond donors (Lipinski definition) is 1. The molecule has 0 bridgehead atoms. The Morgan fingerprint density at radius 2 is 1.71 bits per heavy atom. The molecule has 0 amide bonds. The Hall–Kier alpha value is -0.511. The van der Waals surface area contributed by atoms with E-state index in [4.69, 9.17) is 5.11 Å². The van der Waals surface area contributed by atoms with Crippen LogP contribution in [-0.4, -0.2) is 30.8 Å². The van der Waals surface area contributed by atoms with Gasteiger partial charge in [-0.3, -0.25) is 0 Å². The van der Waals surface area contributed by atoms with Crippen LogP contribution in [0.2, 0.25) is 14.3 Å². The molecule has 0 radical (unpaired) electrons. The Morgan fingerprint density at radius 1 is 1.29 bits per heavy atom. The first-order valence-corrected chi connectivity index (χ1v) is 13.8. The van der Waals surface area contributed by atoms with Gasteiger partial charge in [-0.05, 0) is 12.1 Å². The van der Waals surface area contributed by atoms with Crippen molar-refractivity contribution in [3.8, 4) is 0 Å². The molecule has 0 atom stereocenters. The van der Waals surface area contributed by atoms with E-state index in [0.717, 1.165) is 0 Å². The summed E-state index contributed by atoms with van der Waals surface area (Å²) in [4.78, 5) is 15.1. The van der Waals surface area contributed by atoms with E-state index >= 15 is 0 Å². The van der Waals surface area contributed by atoms with E-state index in [2.05, 4.69) is 16.8 Å². The van der Waals surface area contributed by atoms with Gasteiger partial charge in [0, 0.05) is 0 Å². The average Bonchev–Trinajstić information content (AvgIpc) is 2.20. The summed E-state index contributed by atoms with van der Waals surface area (Å²) in [7, 11) is 0. The van der Waals surface area contributed by atoms with Gasteiger partial charge >= 0.3 is 47.0 Å². The summed E-state index contributed by atoms with van der Waals surface area (Å²) in [5.41, 5.74) is 0.331. The van der Waals surface area contributed by atoms with E-state index in [9.17, 15) is 4.79 Å². The molecule has 1 rings (SSSR count). The van der Waals surface area contributed by atoms with Gasteiger partial charge in [-0.1, -0.05) is 18.2 Å². The van der Waals surface area contributed by atoms with Gasteiger partial charge in [-0.15, -0.1) is 0 Å². The third kappa shape index (κ3) is 6.95. The van der Waals surface area contributed by atoms with Crippen molar-refractivity contribution in [2.24, 2.45) is 0 Å². The first-order valence-electron chi connectivity index (χ1n) is 4.86. The monoisotopic (exact) mass is 302 g/mol. The molecule has 1 N–H and O–H groups in total. The van der Waals surface area contributed by atoms with Crippen LogP contribution in [0.4, 0.5) is 0 Å². The number of carbonyl (C=O) groups is 1. The normalized spacial score (nSPS) is 9.14. The minimum atomic E-state index is -0.879. The van der Waals surface area contributed by atoms with Crippen LogP contribution in [0.1, 0.15) is 17.3 Å². The molecule has 0 aliphatic carbocycles. The van der Waals surface area contributed by atoms with Crippen LogP contribution >= 0.6 is 0 Å². The molecule has 1 aromatic carbocycles. The van der Waals surface area contributed by atoms with Gasteiger partial charge in [-0.25, -0.2) is 4.79 Å². The summed E-state index contributed by atoms with van der Waals surface area (Å²) in [5.74, 6) is -0.879. The van der Waals surface area contributed by atoms with Gasteiger partial charge in [0.15, 0.2) is 0 Å². The third-order valence-electron chi connectivity index (χ3n) is 1.84. The summed E-state index contributed by atoms with van der Waals surface area (Å²) >= 11 is -0.679.